The van der Waals surface area contributed by atoms with Gasteiger partial charge in [-0.05, 0) is 30.7 Å². The van der Waals surface area contributed by atoms with E-state index >= 15 is 0 Å². The van der Waals surface area contributed by atoms with Crippen LogP contribution in [0.4, 0.5) is 4.39 Å². The number of benzene rings is 1. The van der Waals surface area contributed by atoms with Gasteiger partial charge in [0.25, 0.3) is 0 Å². The predicted molar refractivity (Wildman–Crippen MR) is 73.6 cm³/mol. The van der Waals surface area contributed by atoms with Crippen LogP contribution in [0.3, 0.4) is 0 Å². The van der Waals surface area contributed by atoms with Crippen molar-refractivity contribution in [3.05, 3.63) is 36.0 Å². The molecule has 1 N–H and O–H groups in total. The molecular weight excluding hydrogens is 297 g/mol. The number of rotatable bonds is 4. The zero-order valence-corrected chi connectivity index (χ0v) is 11.9. The molecule has 0 aliphatic carbocycles. The Balaban J connectivity index is 1.62. The van der Waals surface area contributed by atoms with E-state index in [-0.39, 0.29) is 23.4 Å². The largest absolute Gasteiger partial charge is 0.338 e. The van der Waals surface area contributed by atoms with E-state index in [4.69, 9.17) is 4.52 Å². The second kappa shape index (κ2) is 5.53. The zero-order chi connectivity index (χ0) is 14.9. The van der Waals surface area contributed by atoms with Crippen molar-refractivity contribution in [3.63, 3.8) is 0 Å². The fraction of sp³-hybridized carbons (Fsp3) is 0.385. The van der Waals surface area contributed by atoms with Gasteiger partial charge in [-0.1, -0.05) is 5.16 Å². The number of nitrogens with zero attached hydrogens (tertiary/aromatic N) is 2. The highest BCUT2D eigenvalue weighted by molar-refractivity contribution is 7.91. The van der Waals surface area contributed by atoms with E-state index in [9.17, 15) is 12.8 Å². The maximum Gasteiger partial charge on any atom is 0.240 e. The molecule has 21 heavy (non-hydrogen) atoms. The SMILES string of the molecule is O=S1(=O)CCC(NCc2nc(-c3ccc(F)cc3)no2)C1. The average molecular weight is 311 g/mol. The van der Waals surface area contributed by atoms with Gasteiger partial charge in [-0.2, -0.15) is 4.98 Å². The molecule has 1 aliphatic heterocycles. The lowest BCUT2D eigenvalue weighted by molar-refractivity contribution is 0.360. The average Bonchev–Trinajstić information content (AvgIpc) is 3.04. The van der Waals surface area contributed by atoms with Crippen molar-refractivity contribution in [2.75, 3.05) is 11.5 Å². The lowest BCUT2D eigenvalue weighted by Gasteiger charge is -2.07. The number of sulfone groups is 1. The minimum Gasteiger partial charge on any atom is -0.338 e. The molecule has 0 radical (unpaired) electrons. The third kappa shape index (κ3) is 3.45. The van der Waals surface area contributed by atoms with E-state index in [1.165, 1.54) is 12.1 Å². The zero-order valence-electron chi connectivity index (χ0n) is 11.1. The van der Waals surface area contributed by atoms with Crippen LogP contribution in [-0.4, -0.2) is 36.1 Å². The van der Waals surface area contributed by atoms with E-state index in [1.807, 2.05) is 0 Å². The topological polar surface area (TPSA) is 85.1 Å². The molecule has 1 atom stereocenters. The summed E-state index contributed by atoms with van der Waals surface area (Å²) in [6.45, 7) is 0.314. The maximum atomic E-state index is 12.8. The smallest absolute Gasteiger partial charge is 0.240 e. The Morgan fingerprint density at radius 2 is 2.10 bits per heavy atom. The van der Waals surface area contributed by atoms with Crippen LogP contribution in [0.5, 0.6) is 0 Å². The van der Waals surface area contributed by atoms with E-state index in [2.05, 4.69) is 15.5 Å². The number of nitrogens with one attached hydrogen (secondary N) is 1. The van der Waals surface area contributed by atoms with Crippen LogP contribution in [0, 0.1) is 5.82 Å². The van der Waals surface area contributed by atoms with Crippen LogP contribution in [0.2, 0.25) is 0 Å². The molecule has 0 amide bonds. The van der Waals surface area contributed by atoms with Crippen LogP contribution in [0.25, 0.3) is 11.4 Å². The van der Waals surface area contributed by atoms with Crippen LogP contribution < -0.4 is 5.32 Å². The molecule has 1 aliphatic rings. The first-order valence-electron chi connectivity index (χ1n) is 6.54. The molecule has 1 aromatic heterocycles. The van der Waals surface area contributed by atoms with Gasteiger partial charge < -0.3 is 9.84 Å². The third-order valence-corrected chi connectivity index (χ3v) is 5.11. The Labute approximate surface area is 121 Å². The first kappa shape index (κ1) is 14.2. The summed E-state index contributed by atoms with van der Waals surface area (Å²) in [6.07, 6.45) is 0.599. The normalized spacial score (nSPS) is 20.7. The van der Waals surface area contributed by atoms with Crippen LogP contribution in [-0.2, 0) is 16.4 Å². The van der Waals surface area contributed by atoms with Gasteiger partial charge in [-0.15, -0.1) is 0 Å². The summed E-state index contributed by atoms with van der Waals surface area (Å²) in [4.78, 5) is 4.20. The number of hydrogen-bond acceptors (Lipinski definition) is 6. The standard InChI is InChI=1S/C13H14FN3O3S/c14-10-3-1-9(2-4-10)13-16-12(20-17-13)7-15-11-5-6-21(18,19)8-11/h1-4,11,15H,5-8H2. The van der Waals surface area contributed by atoms with E-state index in [0.29, 0.717) is 30.2 Å². The molecule has 8 heteroatoms. The van der Waals surface area contributed by atoms with E-state index < -0.39 is 9.84 Å². The summed E-state index contributed by atoms with van der Waals surface area (Å²) in [5.41, 5.74) is 0.662. The van der Waals surface area contributed by atoms with Gasteiger partial charge in [0.15, 0.2) is 9.84 Å². The highest BCUT2D eigenvalue weighted by atomic mass is 32.2. The molecular formula is C13H14FN3O3S. The van der Waals surface area contributed by atoms with Gasteiger partial charge in [0, 0.05) is 11.6 Å². The van der Waals surface area contributed by atoms with Crippen molar-refractivity contribution >= 4 is 9.84 Å². The Hall–Kier alpha value is -1.80. The van der Waals surface area contributed by atoms with Gasteiger partial charge in [-0.25, -0.2) is 12.8 Å². The highest BCUT2D eigenvalue weighted by Crippen LogP contribution is 2.16. The fourth-order valence-electron chi connectivity index (χ4n) is 2.23. The van der Waals surface area contributed by atoms with Gasteiger partial charge >= 0.3 is 0 Å². The molecule has 0 bridgehead atoms. The van der Waals surface area contributed by atoms with Crippen molar-refractivity contribution in [1.82, 2.24) is 15.5 Å². The number of aromatic nitrogens is 2. The summed E-state index contributed by atoms with van der Waals surface area (Å²) in [5.74, 6) is 0.789. The van der Waals surface area contributed by atoms with Crippen molar-refractivity contribution in [2.45, 2.75) is 19.0 Å². The van der Waals surface area contributed by atoms with E-state index in [1.54, 1.807) is 12.1 Å². The van der Waals surface area contributed by atoms with Crippen molar-refractivity contribution in [2.24, 2.45) is 0 Å². The molecule has 1 fully saturated rings. The monoisotopic (exact) mass is 311 g/mol. The van der Waals surface area contributed by atoms with Crippen molar-refractivity contribution in [1.29, 1.82) is 0 Å². The van der Waals surface area contributed by atoms with Gasteiger partial charge in [0.1, 0.15) is 5.82 Å². The molecule has 3 rings (SSSR count). The number of hydrogen-bond donors (Lipinski definition) is 1. The predicted octanol–water partition coefficient (Wildman–Crippen LogP) is 1.15. The molecule has 2 aromatic rings. The molecule has 1 unspecified atom stereocenters. The minimum atomic E-state index is -2.91. The van der Waals surface area contributed by atoms with Crippen LogP contribution >= 0.6 is 0 Å². The summed E-state index contributed by atoms with van der Waals surface area (Å²) >= 11 is 0. The Bertz CT molecular complexity index is 727. The quantitative estimate of drug-likeness (QED) is 0.912. The Morgan fingerprint density at radius 3 is 2.76 bits per heavy atom. The van der Waals surface area contributed by atoms with Crippen molar-refractivity contribution < 1.29 is 17.3 Å². The molecule has 0 spiro atoms. The second-order valence-electron chi connectivity index (χ2n) is 5.00. The first-order chi connectivity index (χ1) is 10.0. The Kier molecular flexibility index (Phi) is 3.73. The molecule has 112 valence electrons. The summed E-state index contributed by atoms with van der Waals surface area (Å²) < 4.78 is 40.6. The van der Waals surface area contributed by atoms with Gasteiger partial charge in [-0.3, -0.25) is 0 Å². The van der Waals surface area contributed by atoms with Gasteiger partial charge in [0.05, 0.1) is 18.1 Å². The van der Waals surface area contributed by atoms with Gasteiger partial charge in [0.2, 0.25) is 11.7 Å². The summed E-state index contributed by atoms with van der Waals surface area (Å²) in [6, 6.07) is 5.72. The molecule has 1 saturated heterocycles. The molecule has 6 nitrogen and oxygen atoms in total. The fourth-order valence-corrected chi connectivity index (χ4v) is 3.94. The molecule has 1 aromatic carbocycles. The highest BCUT2D eigenvalue weighted by Gasteiger charge is 2.27. The Morgan fingerprint density at radius 1 is 1.33 bits per heavy atom. The third-order valence-electron chi connectivity index (χ3n) is 3.34. The number of halogens is 1. The molecule has 2 heterocycles. The maximum absolute atomic E-state index is 12.8. The lowest BCUT2D eigenvalue weighted by atomic mass is 10.2. The minimum absolute atomic E-state index is 0.0730. The second-order valence-corrected chi connectivity index (χ2v) is 7.23. The lowest BCUT2D eigenvalue weighted by Crippen LogP contribution is -2.29. The van der Waals surface area contributed by atoms with Crippen LogP contribution in [0.15, 0.2) is 28.8 Å². The summed E-state index contributed by atoms with van der Waals surface area (Å²) in [5, 5.41) is 6.92. The summed E-state index contributed by atoms with van der Waals surface area (Å²) in [7, 11) is -2.91. The van der Waals surface area contributed by atoms with Crippen molar-refractivity contribution in [3.8, 4) is 11.4 Å². The van der Waals surface area contributed by atoms with Crippen LogP contribution in [0.1, 0.15) is 12.3 Å². The first-order valence-corrected chi connectivity index (χ1v) is 8.36. The molecule has 0 saturated carbocycles. The van der Waals surface area contributed by atoms with E-state index in [0.717, 1.165) is 0 Å².